The number of anilines is 1. The number of fused-ring (bicyclic) bond motifs is 1. The smallest absolute Gasteiger partial charge is 0.223 e. The number of hydrogen-bond donors (Lipinski definition) is 1. The number of nitrogens with zero attached hydrogens (tertiary/aromatic N) is 3. The molecule has 2 heterocycles. The molecule has 0 saturated heterocycles. The fourth-order valence-corrected chi connectivity index (χ4v) is 2.75. The molecule has 0 atom stereocenters. The van der Waals surface area contributed by atoms with Crippen molar-refractivity contribution in [3.8, 4) is 11.5 Å². The summed E-state index contributed by atoms with van der Waals surface area (Å²) >= 11 is 0. The van der Waals surface area contributed by atoms with Crippen molar-refractivity contribution in [2.24, 2.45) is 0 Å². The molecule has 0 amide bonds. The van der Waals surface area contributed by atoms with Crippen LogP contribution in [0, 0.1) is 0 Å². The molecule has 0 radical (unpaired) electrons. The average Bonchev–Trinajstić information content (AvgIpc) is 3.16. The van der Waals surface area contributed by atoms with E-state index in [1.807, 2.05) is 6.07 Å². The Labute approximate surface area is 122 Å². The van der Waals surface area contributed by atoms with Crippen molar-refractivity contribution in [2.45, 2.75) is 18.9 Å². The summed E-state index contributed by atoms with van der Waals surface area (Å²) in [5, 5.41) is 3.41. The lowest BCUT2D eigenvalue weighted by atomic mass is 10.1. The summed E-state index contributed by atoms with van der Waals surface area (Å²) in [6, 6.07) is 10.7. The third-order valence-electron chi connectivity index (χ3n) is 3.72. The minimum Gasteiger partial charge on any atom is -0.442 e. The third kappa shape index (κ3) is 2.38. The van der Waals surface area contributed by atoms with Gasteiger partial charge in [0.15, 0.2) is 12.2 Å². The van der Waals surface area contributed by atoms with Gasteiger partial charge in [0.2, 0.25) is 5.95 Å². The van der Waals surface area contributed by atoms with Gasteiger partial charge in [-0.25, -0.2) is 15.0 Å². The normalized spacial score (nSPS) is 14.1. The first-order chi connectivity index (χ1) is 10.4. The maximum absolute atomic E-state index is 5.27. The van der Waals surface area contributed by atoms with Gasteiger partial charge in [0.25, 0.3) is 0 Å². The molecule has 4 rings (SSSR count). The van der Waals surface area contributed by atoms with Crippen LogP contribution in [0.4, 0.5) is 5.95 Å². The SMILES string of the molecule is c1ccc2c(c1)CC(Nc1nccc(-c3cnco3)n1)C2. The Kier molecular flexibility index (Phi) is 2.88. The van der Waals surface area contributed by atoms with Gasteiger partial charge in [0, 0.05) is 12.2 Å². The molecule has 5 nitrogen and oxygen atoms in total. The van der Waals surface area contributed by atoms with E-state index in [0.29, 0.717) is 17.8 Å². The summed E-state index contributed by atoms with van der Waals surface area (Å²) < 4.78 is 5.27. The van der Waals surface area contributed by atoms with Crippen LogP contribution in [-0.2, 0) is 12.8 Å². The molecule has 0 spiro atoms. The van der Waals surface area contributed by atoms with Crippen molar-refractivity contribution in [1.82, 2.24) is 15.0 Å². The zero-order valence-electron chi connectivity index (χ0n) is 11.4. The Balaban J connectivity index is 1.53. The minimum atomic E-state index is 0.340. The molecule has 104 valence electrons. The second-order valence-corrected chi connectivity index (χ2v) is 5.15. The first kappa shape index (κ1) is 12.1. The molecule has 1 aliphatic carbocycles. The van der Waals surface area contributed by atoms with Crippen LogP contribution in [0.2, 0.25) is 0 Å². The van der Waals surface area contributed by atoms with E-state index in [1.54, 1.807) is 12.4 Å². The van der Waals surface area contributed by atoms with Crippen LogP contribution < -0.4 is 5.32 Å². The molecule has 0 saturated carbocycles. The molecule has 1 aliphatic rings. The van der Waals surface area contributed by atoms with Crippen LogP contribution >= 0.6 is 0 Å². The fourth-order valence-electron chi connectivity index (χ4n) is 2.75. The molecule has 1 N–H and O–H groups in total. The van der Waals surface area contributed by atoms with Crippen LogP contribution in [0.15, 0.2) is 53.5 Å². The van der Waals surface area contributed by atoms with Gasteiger partial charge in [0.1, 0.15) is 5.69 Å². The zero-order valence-corrected chi connectivity index (χ0v) is 11.4. The van der Waals surface area contributed by atoms with E-state index < -0.39 is 0 Å². The summed E-state index contributed by atoms with van der Waals surface area (Å²) in [6.45, 7) is 0. The number of benzene rings is 1. The Bertz CT molecular complexity index is 729. The summed E-state index contributed by atoms with van der Waals surface area (Å²) in [5.41, 5.74) is 3.54. The van der Waals surface area contributed by atoms with Crippen LogP contribution in [0.1, 0.15) is 11.1 Å². The molecule has 2 aromatic heterocycles. The standard InChI is InChI=1S/C16H14N4O/c1-2-4-12-8-13(7-11(12)3-1)19-16-18-6-5-14(20-16)15-9-17-10-21-15/h1-6,9-10,13H,7-8H2,(H,18,19,20). The molecule has 0 bridgehead atoms. The van der Waals surface area contributed by atoms with Crippen LogP contribution in [0.3, 0.4) is 0 Å². The van der Waals surface area contributed by atoms with E-state index in [2.05, 4.69) is 44.5 Å². The lowest BCUT2D eigenvalue weighted by Gasteiger charge is -2.11. The summed E-state index contributed by atoms with van der Waals surface area (Å²) in [6.07, 6.45) is 6.79. The van der Waals surface area contributed by atoms with Gasteiger partial charge in [-0.1, -0.05) is 24.3 Å². The highest BCUT2D eigenvalue weighted by molar-refractivity contribution is 5.52. The van der Waals surface area contributed by atoms with Gasteiger partial charge >= 0.3 is 0 Å². The quantitative estimate of drug-likeness (QED) is 0.798. The lowest BCUT2D eigenvalue weighted by Crippen LogP contribution is -2.21. The second-order valence-electron chi connectivity index (χ2n) is 5.15. The molecular formula is C16H14N4O. The van der Waals surface area contributed by atoms with Crippen molar-refractivity contribution in [1.29, 1.82) is 0 Å². The lowest BCUT2D eigenvalue weighted by molar-refractivity contribution is 0.569. The highest BCUT2D eigenvalue weighted by atomic mass is 16.3. The maximum Gasteiger partial charge on any atom is 0.223 e. The highest BCUT2D eigenvalue weighted by Crippen LogP contribution is 2.24. The predicted molar refractivity (Wildman–Crippen MR) is 78.8 cm³/mol. The molecular weight excluding hydrogens is 264 g/mol. The molecule has 0 unspecified atom stereocenters. The molecule has 1 aromatic carbocycles. The number of oxazole rings is 1. The van der Waals surface area contributed by atoms with Gasteiger partial charge in [0.05, 0.1) is 6.20 Å². The van der Waals surface area contributed by atoms with Crippen molar-refractivity contribution < 1.29 is 4.42 Å². The number of aromatic nitrogens is 3. The van der Waals surface area contributed by atoms with Crippen molar-refractivity contribution in [2.75, 3.05) is 5.32 Å². The topological polar surface area (TPSA) is 63.8 Å². The largest absolute Gasteiger partial charge is 0.442 e. The number of hydrogen-bond acceptors (Lipinski definition) is 5. The first-order valence-electron chi connectivity index (χ1n) is 6.94. The molecule has 5 heteroatoms. The van der Waals surface area contributed by atoms with Gasteiger partial charge in [-0.2, -0.15) is 0 Å². The Morgan fingerprint density at radius 1 is 1.10 bits per heavy atom. The third-order valence-corrected chi connectivity index (χ3v) is 3.72. The van der Waals surface area contributed by atoms with Crippen LogP contribution in [0.25, 0.3) is 11.5 Å². The summed E-state index contributed by atoms with van der Waals surface area (Å²) in [5.74, 6) is 1.27. The van der Waals surface area contributed by atoms with Crippen LogP contribution in [-0.4, -0.2) is 21.0 Å². The van der Waals surface area contributed by atoms with Gasteiger partial charge in [-0.15, -0.1) is 0 Å². The second kappa shape index (κ2) is 5.01. The predicted octanol–water partition coefficient (Wildman–Crippen LogP) is 2.71. The van der Waals surface area contributed by atoms with E-state index in [1.165, 1.54) is 17.5 Å². The van der Waals surface area contributed by atoms with Crippen LogP contribution in [0.5, 0.6) is 0 Å². The molecule has 0 aliphatic heterocycles. The zero-order chi connectivity index (χ0) is 14.1. The minimum absolute atomic E-state index is 0.340. The fraction of sp³-hybridized carbons (Fsp3) is 0.188. The Hall–Kier alpha value is -2.69. The van der Waals surface area contributed by atoms with Crippen molar-refractivity contribution in [3.05, 3.63) is 60.2 Å². The summed E-state index contributed by atoms with van der Waals surface area (Å²) in [4.78, 5) is 12.7. The molecule has 0 fully saturated rings. The molecule has 3 aromatic rings. The number of rotatable bonds is 3. The Morgan fingerprint density at radius 2 is 1.90 bits per heavy atom. The van der Waals surface area contributed by atoms with Crippen molar-refractivity contribution in [3.63, 3.8) is 0 Å². The monoisotopic (exact) mass is 278 g/mol. The van der Waals surface area contributed by atoms with E-state index in [0.717, 1.165) is 18.5 Å². The summed E-state index contributed by atoms with van der Waals surface area (Å²) in [7, 11) is 0. The highest BCUT2D eigenvalue weighted by Gasteiger charge is 2.21. The average molecular weight is 278 g/mol. The van der Waals surface area contributed by atoms with Crippen molar-refractivity contribution >= 4 is 5.95 Å². The molecule has 21 heavy (non-hydrogen) atoms. The van der Waals surface area contributed by atoms with E-state index in [9.17, 15) is 0 Å². The number of nitrogens with one attached hydrogen (secondary N) is 1. The Morgan fingerprint density at radius 3 is 2.62 bits per heavy atom. The van der Waals surface area contributed by atoms with E-state index in [-0.39, 0.29) is 0 Å². The van der Waals surface area contributed by atoms with Gasteiger partial charge in [-0.3, -0.25) is 0 Å². The first-order valence-corrected chi connectivity index (χ1v) is 6.94. The van der Waals surface area contributed by atoms with Gasteiger partial charge in [-0.05, 0) is 30.0 Å². The maximum atomic E-state index is 5.27. The van der Waals surface area contributed by atoms with Gasteiger partial charge < -0.3 is 9.73 Å². The van der Waals surface area contributed by atoms with E-state index >= 15 is 0 Å². The van der Waals surface area contributed by atoms with E-state index in [4.69, 9.17) is 4.42 Å².